The zero-order valence-corrected chi connectivity index (χ0v) is 14.1. The van der Waals surface area contributed by atoms with E-state index in [9.17, 15) is 9.59 Å². The molecule has 1 aromatic heterocycles. The van der Waals surface area contributed by atoms with Gasteiger partial charge in [0, 0.05) is 6.04 Å². The summed E-state index contributed by atoms with van der Waals surface area (Å²) >= 11 is 0. The molecular weight excluding hydrogens is 316 g/mol. The third kappa shape index (κ3) is 2.90. The third-order valence-corrected chi connectivity index (χ3v) is 4.97. The highest BCUT2D eigenvalue weighted by Gasteiger charge is 2.41. The number of hydrogen-bond donors (Lipinski definition) is 0. The molecule has 0 saturated heterocycles. The summed E-state index contributed by atoms with van der Waals surface area (Å²) in [5.74, 6) is -0.631. The molecule has 1 amide bonds. The van der Waals surface area contributed by atoms with Gasteiger partial charge in [0.25, 0.3) is 5.91 Å². The maximum atomic E-state index is 13.2. The third-order valence-electron chi connectivity index (χ3n) is 4.97. The fourth-order valence-electron chi connectivity index (χ4n) is 3.64. The molecule has 0 N–H and O–H groups in total. The average Bonchev–Trinajstić information content (AvgIpc) is 3.41. The number of ether oxygens (including phenoxy) is 1. The van der Waals surface area contributed by atoms with E-state index in [1.54, 1.807) is 18.2 Å². The molecule has 128 valence electrons. The quantitative estimate of drug-likeness (QED) is 0.805. The minimum Gasteiger partial charge on any atom is -0.464 e. The van der Waals surface area contributed by atoms with Gasteiger partial charge in [0.05, 0.1) is 13.2 Å². The second-order valence-electron chi connectivity index (χ2n) is 6.60. The van der Waals surface area contributed by atoms with Crippen molar-refractivity contribution in [2.45, 2.75) is 37.8 Å². The molecule has 5 nitrogen and oxygen atoms in total. The number of fused-ring (bicyclic) bond motifs is 1. The van der Waals surface area contributed by atoms with Crippen LogP contribution in [0.4, 0.5) is 0 Å². The predicted molar refractivity (Wildman–Crippen MR) is 92.3 cm³/mol. The minimum atomic E-state index is -0.529. The molecule has 0 bridgehead atoms. The lowest BCUT2D eigenvalue weighted by Crippen LogP contribution is -2.36. The summed E-state index contributed by atoms with van der Waals surface area (Å²) in [7, 11) is 1.31. The highest BCUT2D eigenvalue weighted by Crippen LogP contribution is 2.42. The molecule has 2 aromatic rings. The number of esters is 1. The van der Waals surface area contributed by atoms with E-state index in [1.165, 1.54) is 18.2 Å². The van der Waals surface area contributed by atoms with Crippen molar-refractivity contribution >= 4 is 11.9 Å². The lowest BCUT2D eigenvalue weighted by Gasteiger charge is -2.29. The van der Waals surface area contributed by atoms with Crippen molar-refractivity contribution in [2.75, 3.05) is 7.11 Å². The lowest BCUT2D eigenvalue weighted by molar-refractivity contribution is 0.0593. The van der Waals surface area contributed by atoms with E-state index in [0.717, 1.165) is 25.7 Å². The van der Waals surface area contributed by atoms with Crippen LogP contribution in [0.3, 0.4) is 0 Å². The Morgan fingerprint density at radius 1 is 1.04 bits per heavy atom. The Labute approximate surface area is 146 Å². The van der Waals surface area contributed by atoms with Crippen LogP contribution in [-0.2, 0) is 11.2 Å². The van der Waals surface area contributed by atoms with Crippen molar-refractivity contribution < 1.29 is 14.3 Å². The van der Waals surface area contributed by atoms with E-state index in [2.05, 4.69) is 17.1 Å². The van der Waals surface area contributed by atoms with E-state index in [-0.39, 0.29) is 23.7 Å². The number of amides is 1. The van der Waals surface area contributed by atoms with Crippen molar-refractivity contribution in [3.8, 4) is 0 Å². The fraction of sp³-hybridized carbons (Fsp3) is 0.350. The van der Waals surface area contributed by atoms with Crippen LogP contribution in [0.1, 0.15) is 57.4 Å². The van der Waals surface area contributed by atoms with E-state index < -0.39 is 5.97 Å². The number of carbonyl (C=O) groups excluding carboxylic acids is 2. The number of aryl methyl sites for hydroxylation is 1. The first-order chi connectivity index (χ1) is 12.2. The summed E-state index contributed by atoms with van der Waals surface area (Å²) in [5.41, 5.74) is 3.03. The van der Waals surface area contributed by atoms with Crippen molar-refractivity contribution in [3.05, 3.63) is 65.0 Å². The van der Waals surface area contributed by atoms with E-state index in [0.29, 0.717) is 5.69 Å². The van der Waals surface area contributed by atoms with Gasteiger partial charge in [-0.15, -0.1) is 0 Å². The zero-order valence-electron chi connectivity index (χ0n) is 14.1. The summed E-state index contributed by atoms with van der Waals surface area (Å²) in [5, 5.41) is 0. The highest BCUT2D eigenvalue weighted by molar-refractivity contribution is 5.95. The van der Waals surface area contributed by atoms with Gasteiger partial charge < -0.3 is 9.64 Å². The Balaban J connectivity index is 1.66. The van der Waals surface area contributed by atoms with Crippen molar-refractivity contribution in [2.24, 2.45) is 0 Å². The van der Waals surface area contributed by atoms with Gasteiger partial charge in [-0.05, 0) is 48.9 Å². The summed E-state index contributed by atoms with van der Waals surface area (Å²) in [6, 6.07) is 13.6. The Morgan fingerprint density at radius 3 is 2.56 bits per heavy atom. The molecule has 2 aliphatic carbocycles. The molecule has 0 spiro atoms. The van der Waals surface area contributed by atoms with Crippen LogP contribution in [0.5, 0.6) is 0 Å². The summed E-state index contributed by atoms with van der Waals surface area (Å²) in [6.07, 6.45) is 3.99. The topological polar surface area (TPSA) is 59.5 Å². The number of nitrogens with zero attached hydrogens (tertiary/aromatic N) is 2. The molecule has 1 aromatic carbocycles. The van der Waals surface area contributed by atoms with Gasteiger partial charge in [-0.3, -0.25) is 4.79 Å². The molecule has 2 aliphatic rings. The lowest BCUT2D eigenvalue weighted by atomic mass is 10.1. The van der Waals surface area contributed by atoms with Gasteiger partial charge >= 0.3 is 5.97 Å². The number of rotatable bonds is 4. The molecule has 4 rings (SSSR count). The minimum absolute atomic E-state index is 0.0970. The van der Waals surface area contributed by atoms with Gasteiger partial charge in [-0.2, -0.15) is 0 Å². The molecule has 25 heavy (non-hydrogen) atoms. The summed E-state index contributed by atoms with van der Waals surface area (Å²) < 4.78 is 4.71. The van der Waals surface area contributed by atoms with Crippen LogP contribution in [0.25, 0.3) is 0 Å². The maximum absolute atomic E-state index is 13.2. The monoisotopic (exact) mass is 336 g/mol. The average molecular weight is 336 g/mol. The summed E-state index contributed by atoms with van der Waals surface area (Å²) in [6.45, 7) is 0. The van der Waals surface area contributed by atoms with E-state index in [4.69, 9.17) is 4.74 Å². The second-order valence-corrected chi connectivity index (χ2v) is 6.60. The van der Waals surface area contributed by atoms with Crippen molar-refractivity contribution in [1.29, 1.82) is 0 Å². The second kappa shape index (κ2) is 6.31. The van der Waals surface area contributed by atoms with Crippen LogP contribution in [0.15, 0.2) is 42.5 Å². The Bertz CT molecular complexity index is 829. The molecule has 1 heterocycles. The van der Waals surface area contributed by atoms with Crippen LogP contribution < -0.4 is 0 Å². The normalized spacial score (nSPS) is 18.5. The van der Waals surface area contributed by atoms with Gasteiger partial charge in [0.15, 0.2) is 0 Å². The summed E-state index contributed by atoms with van der Waals surface area (Å²) in [4.78, 5) is 31.1. The number of carbonyl (C=O) groups is 2. The SMILES string of the molecule is COC(=O)c1cccc(C(=O)N(C2CC2)C2CCc3ccccc32)n1. The maximum Gasteiger partial charge on any atom is 0.356 e. The largest absolute Gasteiger partial charge is 0.464 e. The van der Waals surface area contributed by atoms with Gasteiger partial charge in [-0.25, -0.2) is 9.78 Å². The van der Waals surface area contributed by atoms with Crippen molar-refractivity contribution in [1.82, 2.24) is 9.88 Å². The smallest absolute Gasteiger partial charge is 0.356 e. The Morgan fingerprint density at radius 2 is 1.80 bits per heavy atom. The van der Waals surface area contributed by atoms with Crippen molar-refractivity contribution in [3.63, 3.8) is 0 Å². The Hall–Kier alpha value is -2.69. The van der Waals surface area contributed by atoms with E-state index in [1.807, 2.05) is 17.0 Å². The van der Waals surface area contributed by atoms with Gasteiger partial charge in [0.2, 0.25) is 0 Å². The number of benzene rings is 1. The van der Waals surface area contributed by atoms with E-state index >= 15 is 0 Å². The Kier molecular flexibility index (Phi) is 3.99. The molecule has 5 heteroatoms. The molecule has 1 saturated carbocycles. The molecule has 0 radical (unpaired) electrons. The van der Waals surface area contributed by atoms with Crippen LogP contribution in [-0.4, -0.2) is 34.9 Å². The fourth-order valence-corrected chi connectivity index (χ4v) is 3.64. The first-order valence-corrected chi connectivity index (χ1v) is 8.65. The number of aromatic nitrogens is 1. The predicted octanol–water partition coefficient (Wildman–Crippen LogP) is 3.16. The van der Waals surface area contributed by atoms with Gasteiger partial charge in [0.1, 0.15) is 11.4 Å². The zero-order chi connectivity index (χ0) is 17.4. The highest BCUT2D eigenvalue weighted by atomic mass is 16.5. The molecule has 0 aliphatic heterocycles. The standard InChI is InChI=1S/C20H20N2O3/c1-25-20(24)17-8-4-7-16(21-17)19(23)22(14-10-11-14)18-12-9-13-5-2-3-6-15(13)18/h2-8,14,18H,9-12H2,1H3. The van der Waals surface area contributed by atoms with Gasteiger partial charge in [-0.1, -0.05) is 30.3 Å². The molecule has 1 atom stereocenters. The number of hydrogen-bond acceptors (Lipinski definition) is 4. The number of methoxy groups -OCH3 is 1. The molecule has 1 fully saturated rings. The molecular formula is C20H20N2O3. The van der Waals surface area contributed by atoms with Crippen LogP contribution in [0, 0.1) is 0 Å². The van der Waals surface area contributed by atoms with Crippen LogP contribution in [0.2, 0.25) is 0 Å². The molecule has 1 unspecified atom stereocenters. The van der Waals surface area contributed by atoms with Crippen LogP contribution >= 0.6 is 0 Å². The number of pyridine rings is 1. The first-order valence-electron chi connectivity index (χ1n) is 8.65. The first kappa shape index (κ1) is 15.8.